The fourth-order valence-electron chi connectivity index (χ4n) is 2.28. The molecule has 1 heterocycles. The molecule has 0 unspecified atom stereocenters. The Labute approximate surface area is 117 Å². The number of fused-ring (bicyclic) bond motifs is 1. The summed E-state index contributed by atoms with van der Waals surface area (Å²) in [5, 5.41) is 5.47. The number of alkyl halides is 2. The smallest absolute Gasteiger partial charge is 0.319 e. The summed E-state index contributed by atoms with van der Waals surface area (Å²) < 4.78 is 24.7. The molecule has 0 radical (unpaired) electrons. The van der Waals surface area contributed by atoms with E-state index in [4.69, 9.17) is 0 Å². The molecule has 0 saturated heterocycles. The Hall–Kier alpha value is -1.69. The minimum absolute atomic E-state index is 0.214. The van der Waals surface area contributed by atoms with Gasteiger partial charge in [-0.05, 0) is 29.7 Å². The van der Waals surface area contributed by atoms with Gasteiger partial charge in [-0.1, -0.05) is 13.0 Å². The first-order valence-electron chi connectivity index (χ1n) is 6.75. The number of carbonyl (C=O) groups excluding carboxylic acids is 1. The zero-order chi connectivity index (χ0) is 14.5. The van der Waals surface area contributed by atoms with Crippen LogP contribution in [0.15, 0.2) is 18.2 Å². The molecular weight excluding hydrogens is 264 g/mol. The molecule has 2 rings (SSSR count). The summed E-state index contributed by atoms with van der Waals surface area (Å²) in [7, 11) is 0. The largest absolute Gasteiger partial charge is 0.338 e. The van der Waals surface area contributed by atoms with Gasteiger partial charge >= 0.3 is 6.03 Å². The number of nitrogens with zero attached hydrogens (tertiary/aromatic N) is 1. The summed E-state index contributed by atoms with van der Waals surface area (Å²) in [6.07, 6.45) is -1.44. The molecule has 0 aromatic heterocycles. The standard InChI is InChI=1S/C14H19F2N3O/c1-2-5-17-14(20)18-12-4-3-10-7-19(9-13(15)16)8-11(10)6-12/h3-4,6,13H,2,5,7-9H2,1H3,(H2,17,18,20). The van der Waals surface area contributed by atoms with Crippen molar-refractivity contribution in [3.63, 3.8) is 0 Å². The Balaban J connectivity index is 1.95. The highest BCUT2D eigenvalue weighted by Gasteiger charge is 2.21. The first-order chi connectivity index (χ1) is 9.58. The molecule has 20 heavy (non-hydrogen) atoms. The van der Waals surface area contributed by atoms with Gasteiger partial charge in [0.1, 0.15) is 0 Å². The van der Waals surface area contributed by atoms with Gasteiger partial charge in [0.2, 0.25) is 0 Å². The number of amides is 2. The van der Waals surface area contributed by atoms with Gasteiger partial charge in [0.25, 0.3) is 6.43 Å². The van der Waals surface area contributed by atoms with Crippen LogP contribution in [0.4, 0.5) is 19.3 Å². The second-order valence-corrected chi connectivity index (χ2v) is 4.93. The molecule has 1 aromatic rings. The first-order valence-corrected chi connectivity index (χ1v) is 6.75. The van der Waals surface area contributed by atoms with Crippen LogP contribution < -0.4 is 10.6 Å². The van der Waals surface area contributed by atoms with Crippen LogP contribution in [0, 0.1) is 0 Å². The predicted molar refractivity (Wildman–Crippen MR) is 73.9 cm³/mol. The summed E-state index contributed by atoms with van der Waals surface area (Å²) in [6, 6.07) is 5.30. The van der Waals surface area contributed by atoms with Gasteiger partial charge in [-0.2, -0.15) is 0 Å². The maximum atomic E-state index is 12.4. The van der Waals surface area contributed by atoms with Crippen molar-refractivity contribution in [1.29, 1.82) is 0 Å². The fourth-order valence-corrected chi connectivity index (χ4v) is 2.28. The summed E-state index contributed by atoms with van der Waals surface area (Å²) in [5.41, 5.74) is 2.74. The van der Waals surface area contributed by atoms with E-state index in [2.05, 4.69) is 10.6 Å². The topological polar surface area (TPSA) is 44.4 Å². The highest BCUT2D eigenvalue weighted by Crippen LogP contribution is 2.26. The minimum atomic E-state index is -2.32. The highest BCUT2D eigenvalue weighted by molar-refractivity contribution is 5.89. The lowest BCUT2D eigenvalue weighted by Gasteiger charge is -2.12. The van der Waals surface area contributed by atoms with E-state index in [-0.39, 0.29) is 12.6 Å². The molecule has 0 aliphatic carbocycles. The van der Waals surface area contributed by atoms with Crippen molar-refractivity contribution in [3.05, 3.63) is 29.3 Å². The Bertz CT molecular complexity index is 479. The highest BCUT2D eigenvalue weighted by atomic mass is 19.3. The lowest BCUT2D eigenvalue weighted by atomic mass is 10.1. The number of hydrogen-bond acceptors (Lipinski definition) is 2. The quantitative estimate of drug-likeness (QED) is 0.872. The van der Waals surface area contributed by atoms with Crippen LogP contribution >= 0.6 is 0 Å². The molecule has 4 nitrogen and oxygen atoms in total. The molecule has 6 heteroatoms. The molecular formula is C14H19F2N3O. The SMILES string of the molecule is CCCNC(=O)Nc1ccc2c(c1)CN(CC(F)F)C2. The molecule has 2 amide bonds. The van der Waals surface area contributed by atoms with Crippen LogP contribution in [0.25, 0.3) is 0 Å². The summed E-state index contributed by atoms with van der Waals surface area (Å²) in [6.45, 7) is 3.44. The Kier molecular flexibility index (Phi) is 4.89. The van der Waals surface area contributed by atoms with Gasteiger partial charge in [0.05, 0.1) is 6.54 Å². The Morgan fingerprint density at radius 2 is 2.10 bits per heavy atom. The molecule has 0 spiro atoms. The van der Waals surface area contributed by atoms with E-state index in [1.807, 2.05) is 19.1 Å². The van der Waals surface area contributed by atoms with Crippen molar-refractivity contribution in [3.8, 4) is 0 Å². The van der Waals surface area contributed by atoms with Crippen molar-refractivity contribution in [2.45, 2.75) is 32.9 Å². The van der Waals surface area contributed by atoms with Gasteiger partial charge in [0.15, 0.2) is 0 Å². The van der Waals surface area contributed by atoms with Crippen molar-refractivity contribution in [2.75, 3.05) is 18.4 Å². The van der Waals surface area contributed by atoms with Crippen molar-refractivity contribution in [2.24, 2.45) is 0 Å². The number of anilines is 1. The van der Waals surface area contributed by atoms with Crippen LogP contribution in [0.3, 0.4) is 0 Å². The summed E-state index contributed by atoms with van der Waals surface area (Å²) >= 11 is 0. The van der Waals surface area contributed by atoms with Crippen molar-refractivity contribution in [1.82, 2.24) is 10.2 Å². The van der Waals surface area contributed by atoms with Crippen LogP contribution in [0.2, 0.25) is 0 Å². The minimum Gasteiger partial charge on any atom is -0.338 e. The van der Waals surface area contributed by atoms with Crippen molar-refractivity contribution >= 4 is 11.7 Å². The Morgan fingerprint density at radius 3 is 2.80 bits per heavy atom. The third-order valence-electron chi connectivity index (χ3n) is 3.18. The maximum Gasteiger partial charge on any atom is 0.319 e. The first kappa shape index (κ1) is 14.7. The molecule has 110 valence electrons. The van der Waals surface area contributed by atoms with E-state index in [1.54, 1.807) is 11.0 Å². The summed E-state index contributed by atoms with van der Waals surface area (Å²) in [4.78, 5) is 13.3. The fraction of sp³-hybridized carbons (Fsp3) is 0.500. The third-order valence-corrected chi connectivity index (χ3v) is 3.18. The number of halogens is 2. The molecule has 0 bridgehead atoms. The molecule has 0 atom stereocenters. The average Bonchev–Trinajstić information content (AvgIpc) is 2.76. The zero-order valence-corrected chi connectivity index (χ0v) is 11.5. The number of rotatable bonds is 5. The number of hydrogen-bond donors (Lipinski definition) is 2. The van der Waals surface area contributed by atoms with Gasteiger partial charge < -0.3 is 10.6 Å². The summed E-state index contributed by atoms with van der Waals surface area (Å²) in [5.74, 6) is 0. The second kappa shape index (κ2) is 6.65. The lowest BCUT2D eigenvalue weighted by Crippen LogP contribution is -2.29. The van der Waals surface area contributed by atoms with E-state index in [0.717, 1.165) is 17.5 Å². The van der Waals surface area contributed by atoms with Gasteiger partial charge in [0, 0.05) is 25.3 Å². The zero-order valence-electron chi connectivity index (χ0n) is 11.5. The average molecular weight is 283 g/mol. The van der Waals surface area contributed by atoms with E-state index in [0.29, 0.717) is 25.3 Å². The van der Waals surface area contributed by atoms with Crippen LogP contribution in [0.5, 0.6) is 0 Å². The number of carbonyl (C=O) groups is 1. The van der Waals surface area contributed by atoms with E-state index < -0.39 is 6.43 Å². The normalized spacial score (nSPS) is 14.4. The van der Waals surface area contributed by atoms with Gasteiger partial charge in [-0.25, -0.2) is 13.6 Å². The second-order valence-electron chi connectivity index (χ2n) is 4.93. The molecule has 1 aliphatic rings. The monoisotopic (exact) mass is 283 g/mol. The molecule has 2 N–H and O–H groups in total. The molecule has 0 saturated carbocycles. The van der Waals surface area contributed by atoms with Crippen LogP contribution in [0.1, 0.15) is 24.5 Å². The van der Waals surface area contributed by atoms with Crippen molar-refractivity contribution < 1.29 is 13.6 Å². The molecule has 0 fully saturated rings. The predicted octanol–water partition coefficient (Wildman–Crippen LogP) is 2.80. The van der Waals surface area contributed by atoms with Crippen LogP contribution in [-0.2, 0) is 13.1 Å². The lowest BCUT2D eigenvalue weighted by molar-refractivity contribution is 0.0873. The number of urea groups is 1. The number of benzene rings is 1. The van der Waals surface area contributed by atoms with Gasteiger partial charge in [-0.15, -0.1) is 0 Å². The molecule has 1 aromatic carbocycles. The van der Waals surface area contributed by atoms with E-state index >= 15 is 0 Å². The third kappa shape index (κ3) is 3.90. The number of nitrogens with one attached hydrogen (secondary N) is 2. The van der Waals surface area contributed by atoms with Gasteiger partial charge in [-0.3, -0.25) is 4.90 Å². The molecule has 1 aliphatic heterocycles. The van der Waals surface area contributed by atoms with E-state index in [1.165, 1.54) is 0 Å². The van der Waals surface area contributed by atoms with E-state index in [9.17, 15) is 13.6 Å². The Morgan fingerprint density at radius 1 is 1.35 bits per heavy atom. The maximum absolute atomic E-state index is 12.4. The van der Waals surface area contributed by atoms with Crippen LogP contribution in [-0.4, -0.2) is 30.4 Å².